The summed E-state index contributed by atoms with van der Waals surface area (Å²) in [4.78, 5) is 16.3. The first-order valence-electron chi connectivity index (χ1n) is 7.03. The van der Waals surface area contributed by atoms with Crippen molar-refractivity contribution in [1.29, 1.82) is 0 Å². The van der Waals surface area contributed by atoms with Gasteiger partial charge in [-0.3, -0.25) is 9.69 Å². The lowest BCUT2D eigenvalue weighted by Crippen LogP contribution is -2.51. The number of hydrogen-bond donors (Lipinski definition) is 0. The molecule has 0 N–H and O–H groups in total. The van der Waals surface area contributed by atoms with Gasteiger partial charge in [0, 0.05) is 26.2 Å². The number of likely N-dealkylation sites (N-methyl/N-ethyl adjacent to an activating group) is 1. The van der Waals surface area contributed by atoms with Crippen LogP contribution in [0.4, 0.5) is 0 Å². The summed E-state index contributed by atoms with van der Waals surface area (Å²) >= 11 is 0. The van der Waals surface area contributed by atoms with Crippen molar-refractivity contribution in [2.24, 2.45) is 0 Å². The predicted octanol–water partition coefficient (Wildman–Crippen LogP) is 1.36. The molecule has 1 heterocycles. The van der Waals surface area contributed by atoms with E-state index in [1.54, 1.807) is 0 Å². The molecule has 108 valence electrons. The van der Waals surface area contributed by atoms with Crippen molar-refractivity contribution in [3.05, 3.63) is 0 Å². The van der Waals surface area contributed by atoms with Crippen molar-refractivity contribution in [1.82, 2.24) is 9.80 Å². The van der Waals surface area contributed by atoms with Crippen molar-refractivity contribution >= 4 is 5.91 Å². The van der Waals surface area contributed by atoms with E-state index in [1.807, 2.05) is 32.7 Å². The van der Waals surface area contributed by atoms with E-state index in [2.05, 4.69) is 10.8 Å². The number of terminal acetylenes is 1. The molecule has 0 radical (unpaired) electrons. The fraction of sp³-hybridized carbons (Fsp3) is 0.800. The molecule has 1 rings (SSSR count). The Kier molecular flexibility index (Phi) is 6.33. The van der Waals surface area contributed by atoms with Crippen LogP contribution in [0.25, 0.3) is 0 Å². The van der Waals surface area contributed by atoms with E-state index in [1.165, 1.54) is 0 Å². The molecule has 0 aromatic rings. The van der Waals surface area contributed by atoms with Crippen LogP contribution in [0.3, 0.4) is 0 Å². The van der Waals surface area contributed by atoms with Crippen LogP contribution in [-0.2, 0) is 9.53 Å². The molecule has 4 nitrogen and oxygen atoms in total. The van der Waals surface area contributed by atoms with Crippen LogP contribution in [-0.4, -0.2) is 60.6 Å². The van der Waals surface area contributed by atoms with Gasteiger partial charge in [0.1, 0.15) is 6.61 Å². The minimum Gasteiger partial charge on any atom is -0.365 e. The van der Waals surface area contributed by atoms with Crippen LogP contribution in [0.5, 0.6) is 0 Å². The summed E-state index contributed by atoms with van der Waals surface area (Å²) in [6.07, 6.45) is 7.33. The summed E-state index contributed by atoms with van der Waals surface area (Å²) in [5.41, 5.74) is 0. The third kappa shape index (κ3) is 4.52. The molecule has 1 atom stereocenters. The highest BCUT2D eigenvalue weighted by Gasteiger charge is 2.29. The fourth-order valence-electron chi connectivity index (χ4n) is 2.30. The molecule has 1 amide bonds. The lowest BCUT2D eigenvalue weighted by Gasteiger charge is -2.37. The Morgan fingerprint density at radius 1 is 1.42 bits per heavy atom. The first kappa shape index (κ1) is 16.0. The number of rotatable bonds is 5. The van der Waals surface area contributed by atoms with E-state index in [4.69, 9.17) is 11.2 Å². The number of likely N-dealkylation sites (tertiary alicyclic amines) is 1. The molecule has 1 aliphatic heterocycles. The highest BCUT2D eigenvalue weighted by atomic mass is 16.5. The van der Waals surface area contributed by atoms with E-state index in [0.29, 0.717) is 6.61 Å². The van der Waals surface area contributed by atoms with Crippen molar-refractivity contribution < 1.29 is 9.53 Å². The first-order chi connectivity index (χ1) is 8.97. The first-order valence-corrected chi connectivity index (χ1v) is 7.03. The Labute approximate surface area is 117 Å². The third-order valence-electron chi connectivity index (χ3n) is 3.91. The second kappa shape index (κ2) is 7.52. The molecule has 1 fully saturated rings. The minimum absolute atomic E-state index is 0.0546. The smallest absolute Gasteiger partial charge is 0.239 e. The SMILES string of the molecule is C#CCOC1CCN([C@@H](C)C(=O)N(C)C(C)C)CC1. The van der Waals surface area contributed by atoms with Gasteiger partial charge in [-0.2, -0.15) is 0 Å². The summed E-state index contributed by atoms with van der Waals surface area (Å²) in [6.45, 7) is 8.23. The molecule has 0 saturated carbocycles. The largest absolute Gasteiger partial charge is 0.365 e. The van der Waals surface area contributed by atoms with Gasteiger partial charge in [0.15, 0.2) is 0 Å². The molecule has 1 saturated heterocycles. The number of hydrogen-bond acceptors (Lipinski definition) is 3. The summed E-state index contributed by atoms with van der Waals surface area (Å²) in [5.74, 6) is 2.69. The Morgan fingerprint density at radius 2 is 2.00 bits per heavy atom. The summed E-state index contributed by atoms with van der Waals surface area (Å²) in [5, 5.41) is 0. The highest BCUT2D eigenvalue weighted by Crippen LogP contribution is 2.17. The van der Waals surface area contributed by atoms with Crippen LogP contribution in [0.15, 0.2) is 0 Å². The standard InChI is InChI=1S/C15H26N2O2/c1-6-11-19-14-7-9-17(10-8-14)13(4)15(18)16(5)12(2)3/h1,12-14H,7-11H2,2-5H3/t13-/m0/s1. The maximum Gasteiger partial charge on any atom is 0.239 e. The van der Waals surface area contributed by atoms with Crippen LogP contribution >= 0.6 is 0 Å². The topological polar surface area (TPSA) is 32.8 Å². The zero-order chi connectivity index (χ0) is 14.4. The second-order valence-corrected chi connectivity index (χ2v) is 5.47. The number of ether oxygens (including phenoxy) is 1. The van der Waals surface area contributed by atoms with Gasteiger partial charge in [-0.15, -0.1) is 6.42 Å². The monoisotopic (exact) mass is 266 g/mol. The van der Waals surface area contributed by atoms with E-state index < -0.39 is 0 Å². The Morgan fingerprint density at radius 3 is 2.47 bits per heavy atom. The summed E-state index contributed by atoms with van der Waals surface area (Å²) < 4.78 is 5.55. The molecule has 0 unspecified atom stereocenters. The van der Waals surface area contributed by atoms with Gasteiger partial charge in [0.2, 0.25) is 5.91 Å². The highest BCUT2D eigenvalue weighted by molar-refractivity contribution is 5.81. The van der Waals surface area contributed by atoms with Gasteiger partial charge in [-0.25, -0.2) is 0 Å². The summed E-state index contributed by atoms with van der Waals surface area (Å²) in [7, 11) is 1.87. The number of carbonyl (C=O) groups excluding carboxylic acids is 1. The van der Waals surface area contributed by atoms with Gasteiger partial charge in [-0.1, -0.05) is 5.92 Å². The lowest BCUT2D eigenvalue weighted by atomic mass is 10.1. The van der Waals surface area contributed by atoms with E-state index in [0.717, 1.165) is 25.9 Å². The lowest BCUT2D eigenvalue weighted by molar-refractivity contribution is -0.137. The molecule has 4 heteroatoms. The van der Waals surface area contributed by atoms with Gasteiger partial charge < -0.3 is 9.64 Å². The van der Waals surface area contributed by atoms with Crippen LogP contribution in [0.2, 0.25) is 0 Å². The van der Waals surface area contributed by atoms with Crippen LogP contribution in [0.1, 0.15) is 33.6 Å². The average Bonchev–Trinajstić information content (AvgIpc) is 2.43. The average molecular weight is 266 g/mol. The molecule has 19 heavy (non-hydrogen) atoms. The molecular weight excluding hydrogens is 240 g/mol. The Balaban J connectivity index is 2.42. The quantitative estimate of drug-likeness (QED) is 0.704. The minimum atomic E-state index is -0.0546. The number of piperidine rings is 1. The Bertz CT molecular complexity index is 328. The molecular formula is C15H26N2O2. The van der Waals surface area contributed by atoms with Crippen molar-refractivity contribution in [3.8, 4) is 12.3 Å². The van der Waals surface area contributed by atoms with Crippen molar-refractivity contribution in [2.75, 3.05) is 26.7 Å². The number of amides is 1. The van der Waals surface area contributed by atoms with E-state index in [9.17, 15) is 4.79 Å². The van der Waals surface area contributed by atoms with Crippen molar-refractivity contribution in [3.63, 3.8) is 0 Å². The molecule has 0 spiro atoms. The third-order valence-corrected chi connectivity index (χ3v) is 3.91. The van der Waals surface area contributed by atoms with Gasteiger partial charge in [0.25, 0.3) is 0 Å². The fourth-order valence-corrected chi connectivity index (χ4v) is 2.30. The van der Waals surface area contributed by atoms with Crippen LogP contribution < -0.4 is 0 Å². The van der Waals surface area contributed by atoms with Gasteiger partial charge in [0.05, 0.1) is 12.1 Å². The zero-order valence-corrected chi connectivity index (χ0v) is 12.6. The number of carbonyl (C=O) groups is 1. The molecule has 0 aromatic carbocycles. The molecule has 1 aliphatic rings. The van der Waals surface area contributed by atoms with Gasteiger partial charge >= 0.3 is 0 Å². The van der Waals surface area contributed by atoms with Crippen LogP contribution in [0, 0.1) is 12.3 Å². The molecule has 0 aliphatic carbocycles. The molecule has 0 aromatic heterocycles. The maximum absolute atomic E-state index is 12.3. The predicted molar refractivity (Wildman–Crippen MR) is 76.7 cm³/mol. The molecule has 0 bridgehead atoms. The summed E-state index contributed by atoms with van der Waals surface area (Å²) in [6, 6.07) is 0.187. The van der Waals surface area contributed by atoms with Crippen molar-refractivity contribution in [2.45, 2.75) is 51.8 Å². The zero-order valence-electron chi connectivity index (χ0n) is 12.6. The van der Waals surface area contributed by atoms with Gasteiger partial charge in [-0.05, 0) is 33.6 Å². The Hall–Kier alpha value is -1.05. The normalized spacial score (nSPS) is 19.2. The van der Waals surface area contributed by atoms with E-state index >= 15 is 0 Å². The maximum atomic E-state index is 12.3. The number of nitrogens with zero attached hydrogens (tertiary/aromatic N) is 2. The van der Waals surface area contributed by atoms with E-state index in [-0.39, 0.29) is 24.1 Å². The second-order valence-electron chi connectivity index (χ2n) is 5.47.